The molecule has 0 radical (unpaired) electrons. The van der Waals surface area contributed by atoms with Crippen LogP contribution in [0.3, 0.4) is 0 Å². The van der Waals surface area contributed by atoms with E-state index in [1.165, 1.54) is 0 Å². The van der Waals surface area contributed by atoms with Gasteiger partial charge in [0.1, 0.15) is 0 Å². The summed E-state index contributed by atoms with van der Waals surface area (Å²) in [5.74, 6) is 1.60. The highest BCUT2D eigenvalue weighted by atomic mass is 32.2. The molecule has 0 saturated heterocycles. The largest absolute Gasteiger partial charge is 0.305 e. The van der Waals surface area contributed by atoms with Crippen LogP contribution in [0, 0.1) is 11.3 Å². The molecule has 0 spiro atoms. The Morgan fingerprint density at radius 3 is 2.76 bits per heavy atom. The minimum absolute atomic E-state index is 0.526. The van der Waals surface area contributed by atoms with E-state index in [0.717, 1.165) is 22.3 Å². The second-order valence-electron chi connectivity index (χ2n) is 3.49. The number of benzene rings is 1. The van der Waals surface area contributed by atoms with Crippen molar-refractivity contribution in [2.75, 3.05) is 5.75 Å². The van der Waals surface area contributed by atoms with Crippen molar-refractivity contribution in [3.8, 4) is 17.5 Å². The first kappa shape index (κ1) is 11.7. The lowest BCUT2D eigenvalue weighted by Gasteiger charge is -2.02. The molecule has 0 fully saturated rings. The van der Waals surface area contributed by atoms with Crippen molar-refractivity contribution in [1.82, 2.24) is 14.8 Å². The fourth-order valence-electron chi connectivity index (χ4n) is 1.47. The minimum atomic E-state index is 0.526. The summed E-state index contributed by atoms with van der Waals surface area (Å²) in [6.45, 7) is 0. The number of thioether (sulfide) groups is 1. The lowest BCUT2D eigenvalue weighted by atomic mass is 10.2. The van der Waals surface area contributed by atoms with Gasteiger partial charge in [0, 0.05) is 24.8 Å². The Balaban J connectivity index is 2.19. The van der Waals surface area contributed by atoms with Crippen LogP contribution in [0.15, 0.2) is 35.5 Å². The SMILES string of the molecule is Cn1c(SCCC#N)nnc1-c1ccccc1. The molecule has 17 heavy (non-hydrogen) atoms. The van der Waals surface area contributed by atoms with Crippen molar-refractivity contribution in [3.05, 3.63) is 30.3 Å². The summed E-state index contributed by atoms with van der Waals surface area (Å²) < 4.78 is 1.96. The number of nitriles is 1. The van der Waals surface area contributed by atoms with E-state index in [1.807, 2.05) is 41.9 Å². The molecule has 0 unspecified atom stereocenters. The van der Waals surface area contributed by atoms with Crippen LogP contribution in [0.1, 0.15) is 6.42 Å². The van der Waals surface area contributed by atoms with E-state index in [2.05, 4.69) is 16.3 Å². The topological polar surface area (TPSA) is 54.5 Å². The first-order valence-corrected chi connectivity index (χ1v) is 6.26. The van der Waals surface area contributed by atoms with Gasteiger partial charge in [0.15, 0.2) is 11.0 Å². The molecule has 1 aromatic carbocycles. The van der Waals surface area contributed by atoms with E-state index in [0.29, 0.717) is 6.42 Å². The van der Waals surface area contributed by atoms with E-state index in [4.69, 9.17) is 5.26 Å². The Morgan fingerprint density at radius 1 is 1.29 bits per heavy atom. The summed E-state index contributed by atoms with van der Waals surface area (Å²) in [7, 11) is 1.94. The molecule has 0 atom stereocenters. The summed E-state index contributed by atoms with van der Waals surface area (Å²) in [5.41, 5.74) is 1.05. The third kappa shape index (κ3) is 2.66. The van der Waals surface area contributed by atoms with Crippen molar-refractivity contribution in [2.45, 2.75) is 11.6 Å². The minimum Gasteiger partial charge on any atom is -0.305 e. The van der Waals surface area contributed by atoms with Crippen LogP contribution in [0.2, 0.25) is 0 Å². The molecular formula is C12H12N4S. The van der Waals surface area contributed by atoms with Crippen LogP contribution < -0.4 is 0 Å². The normalized spacial score (nSPS) is 10.1. The quantitative estimate of drug-likeness (QED) is 0.612. The third-order valence-electron chi connectivity index (χ3n) is 2.31. The molecule has 2 aromatic rings. The lowest BCUT2D eigenvalue weighted by Crippen LogP contribution is -1.94. The Bertz CT molecular complexity index is 527. The van der Waals surface area contributed by atoms with E-state index in [9.17, 15) is 0 Å². The highest BCUT2D eigenvalue weighted by molar-refractivity contribution is 7.99. The Kier molecular flexibility index (Phi) is 3.78. The van der Waals surface area contributed by atoms with Crippen molar-refractivity contribution in [1.29, 1.82) is 5.26 Å². The molecule has 0 aliphatic carbocycles. The average molecular weight is 244 g/mol. The van der Waals surface area contributed by atoms with Gasteiger partial charge in [0.2, 0.25) is 0 Å². The van der Waals surface area contributed by atoms with Gasteiger partial charge in [-0.3, -0.25) is 0 Å². The molecule has 86 valence electrons. The van der Waals surface area contributed by atoms with Gasteiger partial charge in [-0.1, -0.05) is 42.1 Å². The zero-order chi connectivity index (χ0) is 12.1. The second kappa shape index (κ2) is 5.51. The Hall–Kier alpha value is -1.80. The fourth-order valence-corrected chi connectivity index (χ4v) is 2.22. The molecule has 0 N–H and O–H groups in total. The van der Waals surface area contributed by atoms with E-state index >= 15 is 0 Å². The molecule has 0 aliphatic heterocycles. The first-order chi connectivity index (χ1) is 8.33. The number of aromatic nitrogens is 3. The van der Waals surface area contributed by atoms with Crippen LogP contribution in [0.25, 0.3) is 11.4 Å². The van der Waals surface area contributed by atoms with E-state index < -0.39 is 0 Å². The fraction of sp³-hybridized carbons (Fsp3) is 0.250. The van der Waals surface area contributed by atoms with Crippen LogP contribution in [0.4, 0.5) is 0 Å². The molecule has 2 rings (SSSR count). The van der Waals surface area contributed by atoms with Gasteiger partial charge in [-0.15, -0.1) is 10.2 Å². The smallest absolute Gasteiger partial charge is 0.191 e. The van der Waals surface area contributed by atoms with Gasteiger partial charge in [-0.2, -0.15) is 5.26 Å². The van der Waals surface area contributed by atoms with Crippen LogP contribution in [0.5, 0.6) is 0 Å². The summed E-state index contributed by atoms with van der Waals surface area (Å²) in [6, 6.07) is 12.1. The standard InChI is InChI=1S/C12H12N4S/c1-16-11(10-6-3-2-4-7-10)14-15-12(16)17-9-5-8-13/h2-4,6-7H,5,9H2,1H3. The Morgan fingerprint density at radius 2 is 2.06 bits per heavy atom. The summed E-state index contributed by atoms with van der Waals surface area (Å²) in [6.07, 6.45) is 0.526. The summed E-state index contributed by atoms with van der Waals surface area (Å²) in [4.78, 5) is 0. The number of hydrogen-bond acceptors (Lipinski definition) is 4. The van der Waals surface area contributed by atoms with E-state index in [-0.39, 0.29) is 0 Å². The van der Waals surface area contributed by atoms with Gasteiger partial charge >= 0.3 is 0 Å². The lowest BCUT2D eigenvalue weighted by molar-refractivity contribution is 0.794. The summed E-state index contributed by atoms with van der Waals surface area (Å²) in [5, 5.41) is 17.6. The van der Waals surface area contributed by atoms with Crippen LogP contribution in [-0.4, -0.2) is 20.5 Å². The second-order valence-corrected chi connectivity index (χ2v) is 4.55. The van der Waals surface area contributed by atoms with Crippen molar-refractivity contribution in [3.63, 3.8) is 0 Å². The number of hydrogen-bond donors (Lipinski definition) is 0. The number of rotatable bonds is 4. The molecule has 1 heterocycles. The monoisotopic (exact) mass is 244 g/mol. The number of nitrogens with zero attached hydrogens (tertiary/aromatic N) is 4. The molecule has 0 amide bonds. The highest BCUT2D eigenvalue weighted by Crippen LogP contribution is 2.22. The van der Waals surface area contributed by atoms with Crippen molar-refractivity contribution in [2.24, 2.45) is 7.05 Å². The summed E-state index contributed by atoms with van der Waals surface area (Å²) >= 11 is 1.55. The maximum absolute atomic E-state index is 8.49. The average Bonchev–Trinajstić information content (AvgIpc) is 2.73. The maximum Gasteiger partial charge on any atom is 0.191 e. The van der Waals surface area contributed by atoms with Gasteiger partial charge in [-0.25, -0.2) is 0 Å². The maximum atomic E-state index is 8.49. The molecule has 0 bridgehead atoms. The van der Waals surface area contributed by atoms with Gasteiger partial charge in [0.25, 0.3) is 0 Å². The molecule has 5 heteroatoms. The Labute approximate surface area is 104 Å². The molecule has 1 aromatic heterocycles. The van der Waals surface area contributed by atoms with Crippen molar-refractivity contribution >= 4 is 11.8 Å². The predicted molar refractivity (Wildman–Crippen MR) is 67.4 cm³/mol. The van der Waals surface area contributed by atoms with Gasteiger partial charge < -0.3 is 4.57 Å². The van der Waals surface area contributed by atoms with Crippen LogP contribution >= 0.6 is 11.8 Å². The third-order valence-corrected chi connectivity index (χ3v) is 3.33. The highest BCUT2D eigenvalue weighted by Gasteiger charge is 2.10. The van der Waals surface area contributed by atoms with Crippen LogP contribution in [-0.2, 0) is 7.05 Å². The zero-order valence-corrected chi connectivity index (χ0v) is 10.3. The first-order valence-electron chi connectivity index (χ1n) is 5.27. The van der Waals surface area contributed by atoms with Crippen molar-refractivity contribution < 1.29 is 0 Å². The van der Waals surface area contributed by atoms with E-state index in [1.54, 1.807) is 11.8 Å². The predicted octanol–water partition coefficient (Wildman–Crippen LogP) is 2.49. The van der Waals surface area contributed by atoms with Gasteiger partial charge in [-0.05, 0) is 0 Å². The zero-order valence-electron chi connectivity index (χ0n) is 9.50. The molecule has 0 saturated carbocycles. The molecule has 4 nitrogen and oxygen atoms in total. The van der Waals surface area contributed by atoms with Gasteiger partial charge in [0.05, 0.1) is 6.07 Å². The molecule has 0 aliphatic rings. The molecular weight excluding hydrogens is 232 g/mol.